The van der Waals surface area contributed by atoms with Gasteiger partial charge in [0.25, 0.3) is 0 Å². The standard InChI is InChI=1S/C15H17BrN2O2S/c1-11(13-4-6-14(16)7-5-13)18-21(19,20)15-8-2-12(10-17)3-9-15/h2-9,11,18H,10,17H2,1H3. The molecule has 3 N–H and O–H groups in total. The first-order chi connectivity index (χ1) is 9.92. The number of nitrogens with two attached hydrogens (primary N) is 1. The lowest BCUT2D eigenvalue weighted by Gasteiger charge is -2.15. The van der Waals surface area contributed by atoms with E-state index >= 15 is 0 Å². The lowest BCUT2D eigenvalue weighted by atomic mass is 10.1. The topological polar surface area (TPSA) is 72.2 Å². The summed E-state index contributed by atoms with van der Waals surface area (Å²) in [5.41, 5.74) is 7.31. The molecule has 0 saturated heterocycles. The van der Waals surface area contributed by atoms with Gasteiger partial charge in [-0.05, 0) is 42.3 Å². The summed E-state index contributed by atoms with van der Waals surface area (Å²) in [6, 6.07) is 13.8. The number of benzene rings is 2. The van der Waals surface area contributed by atoms with Crippen LogP contribution in [0.2, 0.25) is 0 Å². The molecule has 4 nitrogen and oxygen atoms in total. The zero-order valence-corrected chi connectivity index (χ0v) is 14.0. The second-order valence-electron chi connectivity index (χ2n) is 4.74. The van der Waals surface area contributed by atoms with Gasteiger partial charge in [-0.3, -0.25) is 0 Å². The molecule has 0 bridgehead atoms. The number of sulfonamides is 1. The van der Waals surface area contributed by atoms with Crippen LogP contribution in [0.4, 0.5) is 0 Å². The van der Waals surface area contributed by atoms with Crippen LogP contribution in [0.1, 0.15) is 24.1 Å². The Hall–Kier alpha value is -1.21. The summed E-state index contributed by atoms with van der Waals surface area (Å²) in [6.45, 7) is 2.21. The first-order valence-corrected chi connectivity index (χ1v) is 8.77. The normalized spacial score (nSPS) is 13.1. The highest BCUT2D eigenvalue weighted by Crippen LogP contribution is 2.19. The van der Waals surface area contributed by atoms with Crippen molar-refractivity contribution in [2.24, 2.45) is 5.73 Å². The molecule has 2 rings (SSSR count). The fourth-order valence-corrected chi connectivity index (χ4v) is 3.42. The first kappa shape index (κ1) is 16.2. The Morgan fingerprint density at radius 2 is 1.67 bits per heavy atom. The molecule has 0 spiro atoms. The van der Waals surface area contributed by atoms with E-state index in [9.17, 15) is 8.42 Å². The van der Waals surface area contributed by atoms with Gasteiger partial charge in [0.05, 0.1) is 4.90 Å². The van der Waals surface area contributed by atoms with Gasteiger partial charge in [-0.1, -0.05) is 40.2 Å². The van der Waals surface area contributed by atoms with E-state index in [-0.39, 0.29) is 10.9 Å². The third-order valence-corrected chi connectivity index (χ3v) is 5.26. The summed E-state index contributed by atoms with van der Waals surface area (Å²) in [5.74, 6) is 0. The van der Waals surface area contributed by atoms with Crippen molar-refractivity contribution in [3.63, 3.8) is 0 Å². The lowest BCUT2D eigenvalue weighted by Crippen LogP contribution is -2.26. The second-order valence-corrected chi connectivity index (χ2v) is 7.37. The van der Waals surface area contributed by atoms with Gasteiger partial charge in [-0.15, -0.1) is 0 Å². The van der Waals surface area contributed by atoms with Crippen LogP contribution in [0.3, 0.4) is 0 Å². The smallest absolute Gasteiger partial charge is 0.241 e. The van der Waals surface area contributed by atoms with Crippen molar-refractivity contribution in [1.29, 1.82) is 0 Å². The van der Waals surface area contributed by atoms with Gasteiger partial charge in [-0.2, -0.15) is 0 Å². The Kier molecular flexibility index (Phi) is 5.16. The van der Waals surface area contributed by atoms with E-state index in [0.29, 0.717) is 6.54 Å². The van der Waals surface area contributed by atoms with Crippen LogP contribution >= 0.6 is 15.9 Å². The van der Waals surface area contributed by atoms with Crippen LogP contribution in [0, 0.1) is 0 Å². The third kappa shape index (κ3) is 4.14. The summed E-state index contributed by atoms with van der Waals surface area (Å²) in [6.07, 6.45) is 0. The van der Waals surface area contributed by atoms with Crippen molar-refractivity contribution in [2.75, 3.05) is 0 Å². The minimum absolute atomic E-state index is 0.240. The Bertz CT molecular complexity index is 697. The van der Waals surface area contributed by atoms with Crippen molar-refractivity contribution in [3.05, 3.63) is 64.1 Å². The van der Waals surface area contributed by atoms with E-state index in [1.165, 1.54) is 0 Å². The number of rotatable bonds is 5. The maximum Gasteiger partial charge on any atom is 0.241 e. The van der Waals surface area contributed by atoms with Gasteiger partial charge < -0.3 is 5.73 Å². The lowest BCUT2D eigenvalue weighted by molar-refractivity contribution is 0.567. The minimum atomic E-state index is -3.55. The van der Waals surface area contributed by atoms with Crippen LogP contribution in [-0.2, 0) is 16.6 Å². The fraction of sp³-hybridized carbons (Fsp3) is 0.200. The Morgan fingerprint density at radius 3 is 2.19 bits per heavy atom. The van der Waals surface area contributed by atoms with E-state index in [1.807, 2.05) is 31.2 Å². The summed E-state index contributed by atoms with van der Waals surface area (Å²) in [7, 11) is -3.55. The predicted molar refractivity (Wildman–Crippen MR) is 87.2 cm³/mol. The molecule has 2 aromatic carbocycles. The quantitative estimate of drug-likeness (QED) is 0.851. The third-order valence-electron chi connectivity index (χ3n) is 3.17. The largest absolute Gasteiger partial charge is 0.326 e. The van der Waals surface area contributed by atoms with E-state index < -0.39 is 10.0 Å². The number of hydrogen-bond donors (Lipinski definition) is 2. The number of halogens is 1. The molecular formula is C15H17BrN2O2S. The van der Waals surface area contributed by atoms with Crippen molar-refractivity contribution in [1.82, 2.24) is 4.72 Å². The highest BCUT2D eigenvalue weighted by Gasteiger charge is 2.18. The van der Waals surface area contributed by atoms with E-state index in [0.717, 1.165) is 15.6 Å². The summed E-state index contributed by atoms with van der Waals surface area (Å²) < 4.78 is 28.3. The van der Waals surface area contributed by atoms with Gasteiger partial charge in [0, 0.05) is 17.1 Å². The molecule has 0 amide bonds. The average molecular weight is 369 g/mol. The molecule has 0 aliphatic carbocycles. The molecule has 2 aromatic rings. The van der Waals surface area contributed by atoms with Crippen LogP contribution < -0.4 is 10.5 Å². The zero-order valence-electron chi connectivity index (χ0n) is 11.6. The monoisotopic (exact) mass is 368 g/mol. The summed E-state index contributed by atoms with van der Waals surface area (Å²) >= 11 is 3.36. The van der Waals surface area contributed by atoms with E-state index in [4.69, 9.17) is 5.73 Å². The van der Waals surface area contributed by atoms with Gasteiger partial charge in [0.2, 0.25) is 10.0 Å². The molecular weight excluding hydrogens is 352 g/mol. The molecule has 0 aliphatic heterocycles. The van der Waals surface area contributed by atoms with Gasteiger partial charge in [0.15, 0.2) is 0 Å². The van der Waals surface area contributed by atoms with Crippen molar-refractivity contribution in [3.8, 4) is 0 Å². The molecule has 21 heavy (non-hydrogen) atoms. The molecule has 0 fully saturated rings. The SMILES string of the molecule is CC(NS(=O)(=O)c1ccc(CN)cc1)c1ccc(Br)cc1. The van der Waals surface area contributed by atoms with Gasteiger partial charge in [-0.25, -0.2) is 13.1 Å². The van der Waals surface area contributed by atoms with E-state index in [1.54, 1.807) is 24.3 Å². The summed E-state index contributed by atoms with van der Waals surface area (Å²) in [5, 5.41) is 0. The van der Waals surface area contributed by atoms with Crippen molar-refractivity contribution >= 4 is 26.0 Å². The fourth-order valence-electron chi connectivity index (χ4n) is 1.92. The molecule has 112 valence electrons. The first-order valence-electron chi connectivity index (χ1n) is 6.49. The average Bonchev–Trinajstić information content (AvgIpc) is 2.47. The molecule has 0 saturated carbocycles. The number of nitrogens with one attached hydrogen (secondary N) is 1. The van der Waals surface area contributed by atoms with Crippen LogP contribution in [0.5, 0.6) is 0 Å². The predicted octanol–water partition coefficient (Wildman–Crippen LogP) is 2.95. The van der Waals surface area contributed by atoms with Crippen LogP contribution in [-0.4, -0.2) is 8.42 Å². The van der Waals surface area contributed by atoms with Crippen LogP contribution in [0.25, 0.3) is 0 Å². The van der Waals surface area contributed by atoms with Crippen LogP contribution in [0.15, 0.2) is 57.9 Å². The maximum absolute atomic E-state index is 12.3. The van der Waals surface area contributed by atoms with Crippen molar-refractivity contribution in [2.45, 2.75) is 24.4 Å². The maximum atomic E-state index is 12.3. The molecule has 0 aliphatic rings. The van der Waals surface area contributed by atoms with Gasteiger partial charge >= 0.3 is 0 Å². The molecule has 0 heterocycles. The Balaban J connectivity index is 2.17. The van der Waals surface area contributed by atoms with Crippen molar-refractivity contribution < 1.29 is 8.42 Å². The van der Waals surface area contributed by atoms with Gasteiger partial charge in [0.1, 0.15) is 0 Å². The molecule has 1 unspecified atom stereocenters. The molecule has 6 heteroatoms. The number of hydrogen-bond acceptors (Lipinski definition) is 3. The Morgan fingerprint density at radius 1 is 1.10 bits per heavy atom. The Labute approximate surface area is 133 Å². The molecule has 0 aromatic heterocycles. The minimum Gasteiger partial charge on any atom is -0.326 e. The zero-order chi connectivity index (χ0) is 15.5. The van der Waals surface area contributed by atoms with E-state index in [2.05, 4.69) is 20.7 Å². The summed E-state index contributed by atoms with van der Waals surface area (Å²) in [4.78, 5) is 0.240. The highest BCUT2D eigenvalue weighted by molar-refractivity contribution is 9.10. The molecule has 0 radical (unpaired) electrons. The molecule has 1 atom stereocenters. The second kappa shape index (κ2) is 6.70. The highest BCUT2D eigenvalue weighted by atomic mass is 79.9.